The molecule has 1 atom stereocenters. The van der Waals surface area contributed by atoms with Crippen molar-refractivity contribution in [2.75, 3.05) is 0 Å². The fraction of sp³-hybridized carbons (Fsp3) is 0.333. The highest BCUT2D eigenvalue weighted by atomic mass is 35.5. The van der Waals surface area contributed by atoms with Gasteiger partial charge in [0.1, 0.15) is 11.9 Å². The standard InChI is InChI=1S/C12H12ClN3O/c13-6-10-7-16(15-14-10)8-11-5-9-3-1-2-4-12(9)17-11/h1-4,7,11H,5-6,8H2. The van der Waals surface area contributed by atoms with Crippen LogP contribution < -0.4 is 4.74 Å². The van der Waals surface area contributed by atoms with Gasteiger partial charge in [-0.15, -0.1) is 16.7 Å². The highest BCUT2D eigenvalue weighted by molar-refractivity contribution is 6.16. The number of rotatable bonds is 3. The lowest BCUT2D eigenvalue weighted by Gasteiger charge is -2.09. The number of para-hydroxylation sites is 1. The lowest BCUT2D eigenvalue weighted by Crippen LogP contribution is -2.21. The van der Waals surface area contributed by atoms with Crippen LogP contribution in [0, 0.1) is 0 Å². The summed E-state index contributed by atoms with van der Waals surface area (Å²) in [7, 11) is 0. The summed E-state index contributed by atoms with van der Waals surface area (Å²) < 4.78 is 7.62. The molecule has 0 saturated carbocycles. The van der Waals surface area contributed by atoms with E-state index < -0.39 is 0 Å². The number of aromatic nitrogens is 3. The molecule has 1 aliphatic heterocycles. The minimum absolute atomic E-state index is 0.136. The highest BCUT2D eigenvalue weighted by Crippen LogP contribution is 2.28. The summed E-state index contributed by atoms with van der Waals surface area (Å²) in [6.45, 7) is 0.707. The van der Waals surface area contributed by atoms with E-state index >= 15 is 0 Å². The number of nitrogens with zero attached hydrogens (tertiary/aromatic N) is 3. The van der Waals surface area contributed by atoms with Gasteiger partial charge in [-0.3, -0.25) is 0 Å². The van der Waals surface area contributed by atoms with E-state index in [0.29, 0.717) is 12.4 Å². The molecular formula is C12H12ClN3O. The van der Waals surface area contributed by atoms with Crippen LogP contribution in [0.4, 0.5) is 0 Å². The number of hydrogen-bond donors (Lipinski definition) is 0. The first-order valence-corrected chi connectivity index (χ1v) is 6.08. The number of halogens is 1. The van der Waals surface area contributed by atoms with Gasteiger partial charge < -0.3 is 4.74 Å². The van der Waals surface area contributed by atoms with Gasteiger partial charge in [0, 0.05) is 12.6 Å². The first-order valence-electron chi connectivity index (χ1n) is 5.54. The van der Waals surface area contributed by atoms with Crippen LogP contribution in [0.25, 0.3) is 0 Å². The smallest absolute Gasteiger partial charge is 0.123 e. The molecule has 5 heteroatoms. The average Bonchev–Trinajstić information content (AvgIpc) is 2.94. The van der Waals surface area contributed by atoms with E-state index in [0.717, 1.165) is 17.9 Å². The monoisotopic (exact) mass is 249 g/mol. The van der Waals surface area contributed by atoms with Crippen molar-refractivity contribution in [2.45, 2.75) is 24.9 Å². The summed E-state index contributed by atoms with van der Waals surface area (Å²) in [4.78, 5) is 0. The van der Waals surface area contributed by atoms with Crippen LogP contribution in [0.3, 0.4) is 0 Å². The molecule has 0 radical (unpaired) electrons. The van der Waals surface area contributed by atoms with E-state index in [-0.39, 0.29) is 6.10 Å². The second-order valence-electron chi connectivity index (χ2n) is 4.12. The SMILES string of the molecule is ClCc1cn(CC2Cc3ccccc3O2)nn1. The summed E-state index contributed by atoms with van der Waals surface area (Å²) >= 11 is 5.68. The molecule has 0 aliphatic carbocycles. The molecule has 2 heterocycles. The van der Waals surface area contributed by atoms with E-state index in [1.54, 1.807) is 4.68 Å². The van der Waals surface area contributed by atoms with Crippen LogP contribution in [0.1, 0.15) is 11.3 Å². The largest absolute Gasteiger partial charge is 0.488 e. The molecular weight excluding hydrogens is 238 g/mol. The van der Waals surface area contributed by atoms with Gasteiger partial charge in [-0.2, -0.15) is 0 Å². The predicted molar refractivity (Wildman–Crippen MR) is 64.1 cm³/mol. The Bertz CT molecular complexity index is 501. The Balaban J connectivity index is 1.69. The second-order valence-corrected chi connectivity index (χ2v) is 4.38. The third-order valence-electron chi connectivity index (χ3n) is 2.83. The van der Waals surface area contributed by atoms with Crippen LogP contribution in [0.2, 0.25) is 0 Å². The van der Waals surface area contributed by atoms with E-state index in [1.165, 1.54) is 5.56 Å². The first-order chi connectivity index (χ1) is 8.35. The molecule has 3 rings (SSSR count). The van der Waals surface area contributed by atoms with E-state index in [4.69, 9.17) is 16.3 Å². The molecule has 0 saturated heterocycles. The maximum absolute atomic E-state index is 5.83. The Morgan fingerprint density at radius 1 is 1.41 bits per heavy atom. The van der Waals surface area contributed by atoms with E-state index in [9.17, 15) is 0 Å². The molecule has 0 N–H and O–H groups in total. The fourth-order valence-corrected chi connectivity index (χ4v) is 2.18. The number of alkyl halides is 1. The minimum Gasteiger partial charge on any atom is -0.488 e. The number of fused-ring (bicyclic) bond motifs is 1. The third-order valence-corrected chi connectivity index (χ3v) is 3.10. The fourth-order valence-electron chi connectivity index (χ4n) is 2.05. The zero-order chi connectivity index (χ0) is 11.7. The molecule has 88 valence electrons. The van der Waals surface area contributed by atoms with Crippen molar-refractivity contribution in [3.05, 3.63) is 41.7 Å². The molecule has 0 amide bonds. The predicted octanol–water partition coefficient (Wildman–Crippen LogP) is 2.02. The molecule has 0 fully saturated rings. The topological polar surface area (TPSA) is 39.9 Å². The van der Waals surface area contributed by atoms with Crippen molar-refractivity contribution in [2.24, 2.45) is 0 Å². The number of benzene rings is 1. The Morgan fingerprint density at radius 2 is 2.29 bits per heavy atom. The Morgan fingerprint density at radius 3 is 3.06 bits per heavy atom. The van der Waals surface area contributed by atoms with Gasteiger partial charge in [0.05, 0.1) is 18.1 Å². The van der Waals surface area contributed by atoms with Crippen LogP contribution in [0.5, 0.6) is 5.75 Å². The first kappa shape index (κ1) is 10.6. The van der Waals surface area contributed by atoms with Gasteiger partial charge in [0.2, 0.25) is 0 Å². The van der Waals surface area contributed by atoms with Crippen LogP contribution >= 0.6 is 11.6 Å². The zero-order valence-electron chi connectivity index (χ0n) is 9.21. The number of hydrogen-bond acceptors (Lipinski definition) is 3. The van der Waals surface area contributed by atoms with Gasteiger partial charge >= 0.3 is 0 Å². The molecule has 1 aromatic carbocycles. The van der Waals surface area contributed by atoms with Crippen molar-refractivity contribution in [3.63, 3.8) is 0 Å². The average molecular weight is 250 g/mol. The molecule has 1 unspecified atom stereocenters. The van der Waals surface area contributed by atoms with Gasteiger partial charge in [0.25, 0.3) is 0 Å². The Kier molecular flexibility index (Phi) is 2.73. The normalized spacial score (nSPS) is 17.8. The van der Waals surface area contributed by atoms with Gasteiger partial charge in [0.15, 0.2) is 0 Å². The van der Waals surface area contributed by atoms with E-state index in [1.807, 2.05) is 24.4 Å². The molecule has 1 aliphatic rings. The minimum atomic E-state index is 0.136. The molecule has 0 spiro atoms. The van der Waals surface area contributed by atoms with E-state index in [2.05, 4.69) is 16.4 Å². The summed E-state index contributed by atoms with van der Waals surface area (Å²) in [6.07, 6.45) is 2.92. The maximum Gasteiger partial charge on any atom is 0.123 e. The van der Waals surface area contributed by atoms with Gasteiger partial charge in [-0.25, -0.2) is 4.68 Å². The van der Waals surface area contributed by atoms with Crippen LogP contribution in [0.15, 0.2) is 30.5 Å². The van der Waals surface area contributed by atoms with Gasteiger partial charge in [-0.05, 0) is 11.6 Å². The van der Waals surface area contributed by atoms with Crippen molar-refractivity contribution >= 4 is 11.6 Å². The molecule has 4 nitrogen and oxygen atoms in total. The number of ether oxygens (including phenoxy) is 1. The molecule has 17 heavy (non-hydrogen) atoms. The van der Waals surface area contributed by atoms with Gasteiger partial charge in [-0.1, -0.05) is 23.4 Å². The summed E-state index contributed by atoms with van der Waals surface area (Å²) in [5.41, 5.74) is 2.05. The molecule has 1 aromatic heterocycles. The van der Waals surface area contributed by atoms with Crippen molar-refractivity contribution in [1.29, 1.82) is 0 Å². The van der Waals surface area contributed by atoms with Crippen molar-refractivity contribution in [1.82, 2.24) is 15.0 Å². The van der Waals surface area contributed by atoms with Crippen molar-refractivity contribution in [3.8, 4) is 5.75 Å². The third kappa shape index (κ3) is 2.13. The zero-order valence-corrected chi connectivity index (χ0v) is 9.97. The Labute approximate surface area is 104 Å². The molecule has 0 bridgehead atoms. The summed E-state index contributed by atoms with van der Waals surface area (Å²) in [6, 6.07) is 8.12. The second kappa shape index (κ2) is 4.37. The van der Waals surface area contributed by atoms with Crippen LogP contribution in [-0.4, -0.2) is 21.1 Å². The lowest BCUT2D eigenvalue weighted by atomic mass is 10.1. The lowest BCUT2D eigenvalue weighted by molar-refractivity contribution is 0.202. The Hall–Kier alpha value is -1.55. The maximum atomic E-state index is 5.83. The summed E-state index contributed by atoms with van der Waals surface area (Å²) in [5.74, 6) is 1.38. The highest BCUT2D eigenvalue weighted by Gasteiger charge is 2.22. The summed E-state index contributed by atoms with van der Waals surface area (Å²) in [5, 5.41) is 7.97. The molecule has 2 aromatic rings. The quantitative estimate of drug-likeness (QED) is 0.782. The van der Waals surface area contributed by atoms with Crippen LogP contribution in [-0.2, 0) is 18.8 Å². The van der Waals surface area contributed by atoms with Crippen molar-refractivity contribution < 1.29 is 4.74 Å².